The highest BCUT2D eigenvalue weighted by atomic mass is 32.3. The van der Waals surface area contributed by atoms with E-state index in [-0.39, 0.29) is 29.7 Å². The molecule has 0 saturated heterocycles. The zero-order chi connectivity index (χ0) is 34.3. The van der Waals surface area contributed by atoms with E-state index in [0.29, 0.717) is 24.3 Å². The van der Waals surface area contributed by atoms with Gasteiger partial charge in [-0.2, -0.15) is 8.42 Å². The molecule has 0 N–H and O–H groups in total. The molecule has 256 valence electrons. The number of Topliss-reactive ketones (excluding diaryl/α,β-unsaturated/α-hetero) is 1. The summed E-state index contributed by atoms with van der Waals surface area (Å²) in [4.78, 5) is 16.0. The fourth-order valence-corrected chi connectivity index (χ4v) is 16.4. The van der Waals surface area contributed by atoms with E-state index in [2.05, 4.69) is 26.0 Å². The Morgan fingerprint density at radius 1 is 0.812 bits per heavy atom. The number of ketones is 1. The van der Waals surface area contributed by atoms with Crippen LogP contribution in [0.5, 0.6) is 11.5 Å². The number of hydrogen-bond donors (Lipinski definition) is 0. The molecule has 0 radical (unpaired) electrons. The summed E-state index contributed by atoms with van der Waals surface area (Å²) in [6.45, 7) is 12.0. The van der Waals surface area contributed by atoms with Crippen LogP contribution >= 0.6 is 33.4 Å². The van der Waals surface area contributed by atoms with Gasteiger partial charge < -0.3 is 9.47 Å². The number of ether oxygens (including phenoxy) is 2. The maximum Gasteiger partial charge on any atom is 0.278 e. The Bertz CT molecular complexity index is 1790. The largest absolute Gasteiger partial charge is 0.491 e. The molecule has 2 unspecified atom stereocenters. The van der Waals surface area contributed by atoms with Crippen molar-refractivity contribution in [3.05, 3.63) is 91.0 Å². The Kier molecular flexibility index (Phi) is 9.88. The summed E-state index contributed by atoms with van der Waals surface area (Å²) in [5.74, 6) is 1.27. The van der Waals surface area contributed by atoms with Crippen molar-refractivity contribution in [2.24, 2.45) is 16.7 Å². The van der Waals surface area contributed by atoms with Crippen molar-refractivity contribution in [2.75, 3.05) is 5.75 Å². The molecule has 2 bridgehead atoms. The van der Waals surface area contributed by atoms with Crippen molar-refractivity contribution < 1.29 is 26.3 Å². The Morgan fingerprint density at radius 3 is 1.85 bits per heavy atom. The SMILES string of the molecule is CC(C)Oc1ccc(S(OS(=O)(=O)CC23CCC(CC2=O)C3(C)C)(c2ccc(OC(C)C)cc2)c2ccc(Sc3ccccc3)s2)cc1. The monoisotopic (exact) mass is 724 g/mol. The van der Waals surface area contributed by atoms with Crippen LogP contribution in [0.3, 0.4) is 0 Å². The van der Waals surface area contributed by atoms with Gasteiger partial charge in [0.15, 0.2) is 0 Å². The molecular weight excluding hydrogens is 681 g/mol. The number of carbonyl (C=O) groups excluding carboxylic acids is 1. The fraction of sp³-hybridized carbons (Fsp3) is 0.395. The van der Waals surface area contributed by atoms with Crippen LogP contribution in [0, 0.1) is 16.7 Å². The molecule has 2 saturated carbocycles. The lowest BCUT2D eigenvalue weighted by atomic mass is 9.70. The van der Waals surface area contributed by atoms with E-state index in [9.17, 15) is 13.2 Å². The fourth-order valence-electron chi connectivity index (χ4n) is 7.15. The van der Waals surface area contributed by atoms with Gasteiger partial charge in [0.25, 0.3) is 10.1 Å². The predicted molar refractivity (Wildman–Crippen MR) is 195 cm³/mol. The molecule has 6 rings (SSSR count). The lowest BCUT2D eigenvalue weighted by molar-refractivity contribution is -0.128. The van der Waals surface area contributed by atoms with Crippen LogP contribution in [0.15, 0.2) is 114 Å². The van der Waals surface area contributed by atoms with E-state index < -0.39 is 31.3 Å². The third kappa shape index (κ3) is 6.71. The van der Waals surface area contributed by atoms with Gasteiger partial charge >= 0.3 is 0 Å². The van der Waals surface area contributed by atoms with Crippen LogP contribution in [-0.4, -0.2) is 32.2 Å². The third-order valence-electron chi connectivity index (χ3n) is 9.62. The molecule has 0 spiro atoms. The summed E-state index contributed by atoms with van der Waals surface area (Å²) in [6.07, 6.45) is 1.81. The second-order valence-corrected chi connectivity index (χ2v) is 20.9. The topological polar surface area (TPSA) is 78.9 Å². The first-order valence-corrected chi connectivity index (χ1v) is 21.2. The number of carbonyl (C=O) groups is 1. The van der Waals surface area contributed by atoms with Gasteiger partial charge in [-0.1, -0.05) is 43.8 Å². The van der Waals surface area contributed by atoms with Crippen molar-refractivity contribution in [3.63, 3.8) is 0 Å². The van der Waals surface area contributed by atoms with Crippen molar-refractivity contribution in [2.45, 2.75) is 96.1 Å². The highest BCUT2D eigenvalue weighted by Crippen LogP contribution is 2.73. The van der Waals surface area contributed by atoms with Crippen LogP contribution in [0.2, 0.25) is 0 Å². The van der Waals surface area contributed by atoms with Crippen molar-refractivity contribution in [1.82, 2.24) is 0 Å². The molecule has 1 heterocycles. The minimum absolute atomic E-state index is 0.0188. The van der Waals surface area contributed by atoms with Gasteiger partial charge in [-0.15, -0.1) is 11.3 Å². The molecule has 0 amide bonds. The first-order chi connectivity index (χ1) is 22.7. The van der Waals surface area contributed by atoms with Crippen LogP contribution in [0.25, 0.3) is 0 Å². The Balaban J connectivity index is 1.51. The van der Waals surface area contributed by atoms with Crippen LogP contribution in [0.4, 0.5) is 0 Å². The average Bonchev–Trinajstić information content (AvgIpc) is 3.64. The highest BCUT2D eigenvalue weighted by Gasteiger charge is 2.66. The molecular formula is C38H44O6S4. The quantitative estimate of drug-likeness (QED) is 0.136. The first-order valence-electron chi connectivity index (χ1n) is 16.4. The van der Waals surface area contributed by atoms with E-state index in [0.717, 1.165) is 29.5 Å². The Hall–Kier alpha value is -2.76. The number of thiophene rings is 1. The molecule has 3 aromatic carbocycles. The normalized spacial score (nSPS) is 20.8. The number of benzene rings is 3. The standard InChI is InChI=1S/C38H44O6S4/c1-26(2)42-29-12-16-32(17-13-29)48(33-18-14-30(15-19-33)43-27(3)4,36-21-20-35(46-36)45-31-10-8-7-9-11-31)44-47(40,41)25-38-23-22-28(24-34(38)39)37(38,5)6/h7-21,26-28H,22-25H2,1-6H3. The molecule has 1 aromatic heterocycles. The number of rotatable bonds is 13. The van der Waals surface area contributed by atoms with E-state index in [1.165, 1.54) is 11.3 Å². The third-order valence-corrected chi connectivity index (χ3v) is 17.7. The summed E-state index contributed by atoms with van der Waals surface area (Å²) >= 11 is 3.16. The number of fused-ring (bicyclic) bond motifs is 2. The van der Waals surface area contributed by atoms with E-state index in [1.54, 1.807) is 11.8 Å². The van der Waals surface area contributed by atoms with Gasteiger partial charge in [0.05, 0.1) is 31.8 Å². The molecule has 2 aliphatic rings. The molecule has 2 aliphatic carbocycles. The molecule has 0 aliphatic heterocycles. The van der Waals surface area contributed by atoms with Crippen molar-refractivity contribution in [3.8, 4) is 11.5 Å². The number of hydrogen-bond acceptors (Lipinski definition) is 8. The molecule has 10 heteroatoms. The van der Waals surface area contributed by atoms with Crippen molar-refractivity contribution >= 4 is 49.3 Å². The van der Waals surface area contributed by atoms with E-state index in [4.69, 9.17) is 13.1 Å². The zero-order valence-corrected chi connectivity index (χ0v) is 31.6. The van der Waals surface area contributed by atoms with Gasteiger partial charge in [0.2, 0.25) is 0 Å². The minimum atomic E-state index is -4.27. The summed E-state index contributed by atoms with van der Waals surface area (Å²) in [7, 11) is -7.14. The predicted octanol–water partition coefficient (Wildman–Crippen LogP) is 10.4. The summed E-state index contributed by atoms with van der Waals surface area (Å²) in [5, 5.41) is 0. The summed E-state index contributed by atoms with van der Waals surface area (Å²) < 4.78 is 49.8. The lowest BCUT2D eigenvalue weighted by Crippen LogP contribution is -2.42. The minimum Gasteiger partial charge on any atom is -0.491 e. The Labute approximate surface area is 295 Å². The smallest absolute Gasteiger partial charge is 0.278 e. The lowest BCUT2D eigenvalue weighted by Gasteiger charge is -2.41. The molecule has 2 atom stereocenters. The van der Waals surface area contributed by atoms with Crippen molar-refractivity contribution in [1.29, 1.82) is 0 Å². The van der Waals surface area contributed by atoms with E-state index >= 15 is 0 Å². The maximum atomic E-state index is 14.7. The van der Waals surface area contributed by atoms with Crippen LogP contribution in [-0.2, 0) is 18.5 Å². The van der Waals surface area contributed by atoms with Gasteiger partial charge in [-0.25, -0.2) is 3.63 Å². The second kappa shape index (κ2) is 13.5. The average molecular weight is 725 g/mol. The summed E-state index contributed by atoms with van der Waals surface area (Å²) in [6, 6.07) is 29.3. The van der Waals surface area contributed by atoms with E-state index in [1.807, 2.05) is 107 Å². The van der Waals surface area contributed by atoms with Gasteiger partial charge in [-0.05, 0) is 135 Å². The van der Waals surface area contributed by atoms with Gasteiger partial charge in [0.1, 0.15) is 17.3 Å². The molecule has 4 aromatic rings. The second-order valence-electron chi connectivity index (χ2n) is 13.8. The zero-order valence-electron chi connectivity index (χ0n) is 28.3. The van der Waals surface area contributed by atoms with Crippen LogP contribution in [0.1, 0.15) is 60.8 Å². The molecule has 48 heavy (non-hydrogen) atoms. The Morgan fingerprint density at radius 2 is 1.38 bits per heavy atom. The highest BCUT2D eigenvalue weighted by molar-refractivity contribution is 8.34. The summed E-state index contributed by atoms with van der Waals surface area (Å²) in [5.41, 5.74) is -1.39. The van der Waals surface area contributed by atoms with Gasteiger partial charge in [0, 0.05) is 21.1 Å². The molecule has 6 nitrogen and oxygen atoms in total. The maximum absolute atomic E-state index is 14.7. The molecule has 2 fully saturated rings. The van der Waals surface area contributed by atoms with Crippen LogP contribution < -0.4 is 9.47 Å². The first kappa shape index (κ1) is 35.1. The van der Waals surface area contributed by atoms with Gasteiger partial charge in [-0.3, -0.25) is 4.79 Å².